The van der Waals surface area contributed by atoms with Crippen LogP contribution in [-0.2, 0) is 10.0 Å². The van der Waals surface area contributed by atoms with Crippen molar-refractivity contribution >= 4 is 27.2 Å². The van der Waals surface area contributed by atoms with E-state index in [0.29, 0.717) is 5.82 Å². The molecule has 0 unspecified atom stereocenters. The molecule has 0 amide bonds. The predicted molar refractivity (Wildman–Crippen MR) is 60.6 cm³/mol. The fourth-order valence-corrected chi connectivity index (χ4v) is 3.45. The van der Waals surface area contributed by atoms with Crippen LogP contribution in [0.5, 0.6) is 0 Å². The number of nitriles is 1. The van der Waals surface area contributed by atoms with Crippen molar-refractivity contribution in [2.45, 2.75) is 4.21 Å². The maximum absolute atomic E-state index is 11.9. The lowest BCUT2D eigenvalue weighted by atomic mass is 10.4. The van der Waals surface area contributed by atoms with Gasteiger partial charge < -0.3 is 4.98 Å². The molecule has 0 radical (unpaired) electrons. The Hall–Kier alpha value is -1.78. The van der Waals surface area contributed by atoms with E-state index < -0.39 is 10.0 Å². The smallest absolute Gasteiger partial charge is 0.273 e. The van der Waals surface area contributed by atoms with Gasteiger partial charge >= 0.3 is 0 Å². The van der Waals surface area contributed by atoms with Crippen LogP contribution in [-0.4, -0.2) is 13.4 Å². The fourth-order valence-electron chi connectivity index (χ4n) is 1.17. The number of nitrogens with one attached hydrogen (secondary N) is 2. The molecule has 0 fully saturated rings. The number of anilines is 1. The Balaban J connectivity index is 2.37. The lowest BCUT2D eigenvalue weighted by molar-refractivity contribution is 0.603. The largest absolute Gasteiger partial charge is 0.348 e. The van der Waals surface area contributed by atoms with Gasteiger partial charge in [-0.3, -0.25) is 4.72 Å². The molecular weight excluding hydrogens is 246 g/mol. The molecule has 7 heteroatoms. The van der Waals surface area contributed by atoms with E-state index in [1.165, 1.54) is 6.07 Å². The van der Waals surface area contributed by atoms with Gasteiger partial charge in [0, 0.05) is 6.20 Å². The maximum atomic E-state index is 11.9. The topological polar surface area (TPSA) is 85.8 Å². The van der Waals surface area contributed by atoms with Crippen LogP contribution in [0, 0.1) is 11.3 Å². The first-order valence-corrected chi connectivity index (χ1v) is 6.63. The normalized spacial score (nSPS) is 10.9. The number of thiophene rings is 1. The van der Waals surface area contributed by atoms with E-state index in [1.807, 2.05) is 6.07 Å². The zero-order valence-electron chi connectivity index (χ0n) is 7.97. The number of sulfonamides is 1. The van der Waals surface area contributed by atoms with Crippen LogP contribution in [0.3, 0.4) is 0 Å². The third kappa shape index (κ3) is 1.93. The summed E-state index contributed by atoms with van der Waals surface area (Å²) in [6.45, 7) is 0. The van der Waals surface area contributed by atoms with Gasteiger partial charge in [0.25, 0.3) is 10.0 Å². The van der Waals surface area contributed by atoms with Crippen LogP contribution in [0.2, 0.25) is 0 Å². The van der Waals surface area contributed by atoms with Crippen LogP contribution in [0.4, 0.5) is 5.82 Å². The first-order chi connectivity index (χ1) is 7.63. The van der Waals surface area contributed by atoms with Gasteiger partial charge in [0.1, 0.15) is 11.9 Å². The van der Waals surface area contributed by atoms with Gasteiger partial charge in [-0.15, -0.1) is 11.3 Å². The predicted octanol–water partition coefficient (Wildman–Crippen LogP) is 1.75. The summed E-state index contributed by atoms with van der Waals surface area (Å²) in [6, 6.07) is 6.59. The van der Waals surface area contributed by atoms with Gasteiger partial charge in [-0.2, -0.15) is 5.26 Å². The van der Waals surface area contributed by atoms with E-state index in [4.69, 9.17) is 5.26 Å². The zero-order chi connectivity index (χ0) is 11.6. The van der Waals surface area contributed by atoms with Crippen LogP contribution < -0.4 is 4.72 Å². The highest BCUT2D eigenvalue weighted by Crippen LogP contribution is 2.23. The monoisotopic (exact) mass is 253 g/mol. The van der Waals surface area contributed by atoms with Crippen molar-refractivity contribution in [1.82, 2.24) is 4.98 Å². The number of hydrogen-bond acceptors (Lipinski definition) is 4. The summed E-state index contributed by atoms with van der Waals surface area (Å²) in [5.41, 5.74) is 0.157. The minimum absolute atomic E-state index is 0.0320. The number of hydrogen-bond donors (Lipinski definition) is 2. The fraction of sp³-hybridized carbons (Fsp3) is 0. The molecule has 0 saturated heterocycles. The first kappa shape index (κ1) is 10.7. The van der Waals surface area contributed by atoms with E-state index in [0.717, 1.165) is 11.3 Å². The Morgan fingerprint density at radius 2 is 2.25 bits per heavy atom. The Bertz CT molecular complexity index is 620. The highest BCUT2D eigenvalue weighted by Gasteiger charge is 2.20. The number of aromatic amines is 1. The van der Waals surface area contributed by atoms with E-state index in [9.17, 15) is 8.42 Å². The summed E-state index contributed by atoms with van der Waals surface area (Å²) in [5.74, 6) is 0.372. The second-order valence-electron chi connectivity index (χ2n) is 2.92. The SMILES string of the molecule is N#Cc1ccsc1S(=O)(=O)Nc1ccc[nH]1. The van der Waals surface area contributed by atoms with Crippen molar-refractivity contribution in [2.24, 2.45) is 0 Å². The van der Waals surface area contributed by atoms with Gasteiger partial charge in [0.15, 0.2) is 4.21 Å². The molecule has 2 N–H and O–H groups in total. The number of rotatable bonds is 3. The third-order valence-electron chi connectivity index (χ3n) is 1.84. The molecular formula is C9H7N3O2S2. The quantitative estimate of drug-likeness (QED) is 0.873. The van der Waals surface area contributed by atoms with Crippen molar-refractivity contribution in [1.29, 1.82) is 5.26 Å². The summed E-state index contributed by atoms with van der Waals surface area (Å²) in [6.07, 6.45) is 1.61. The van der Waals surface area contributed by atoms with Crippen molar-refractivity contribution in [3.8, 4) is 6.07 Å². The lowest BCUT2D eigenvalue weighted by Crippen LogP contribution is -2.12. The molecule has 0 aliphatic heterocycles. The van der Waals surface area contributed by atoms with Crippen molar-refractivity contribution < 1.29 is 8.42 Å². The number of H-pyrrole nitrogens is 1. The highest BCUT2D eigenvalue weighted by atomic mass is 32.2. The summed E-state index contributed by atoms with van der Waals surface area (Å²) in [7, 11) is -3.67. The lowest BCUT2D eigenvalue weighted by Gasteiger charge is -2.03. The molecule has 0 atom stereocenters. The molecule has 0 bridgehead atoms. The second-order valence-corrected chi connectivity index (χ2v) is 5.72. The van der Waals surface area contributed by atoms with Crippen LogP contribution >= 0.6 is 11.3 Å². The molecule has 2 heterocycles. The second kappa shape index (κ2) is 4.00. The van der Waals surface area contributed by atoms with Crippen molar-refractivity contribution in [2.75, 3.05) is 4.72 Å². The van der Waals surface area contributed by atoms with E-state index >= 15 is 0 Å². The van der Waals surface area contributed by atoms with Crippen molar-refractivity contribution in [3.05, 3.63) is 35.3 Å². The average Bonchev–Trinajstić information content (AvgIpc) is 2.85. The summed E-state index contributed by atoms with van der Waals surface area (Å²) in [4.78, 5) is 2.72. The van der Waals surface area contributed by atoms with E-state index in [2.05, 4.69) is 9.71 Å². The van der Waals surface area contributed by atoms with E-state index in [1.54, 1.807) is 23.7 Å². The number of aromatic nitrogens is 1. The Kier molecular flexibility index (Phi) is 2.68. The molecule has 16 heavy (non-hydrogen) atoms. The Morgan fingerprint density at radius 3 is 2.88 bits per heavy atom. The van der Waals surface area contributed by atoms with Crippen molar-refractivity contribution in [3.63, 3.8) is 0 Å². The minimum atomic E-state index is -3.67. The maximum Gasteiger partial charge on any atom is 0.273 e. The van der Waals surface area contributed by atoms with Gasteiger partial charge in [0.2, 0.25) is 0 Å². The molecule has 5 nitrogen and oxygen atoms in total. The standard InChI is InChI=1S/C9H7N3O2S2/c10-6-7-3-5-15-9(7)16(13,14)12-8-2-1-4-11-8/h1-5,11-12H. The molecule has 0 spiro atoms. The molecule has 0 saturated carbocycles. The molecule has 2 aromatic heterocycles. The number of nitrogens with zero attached hydrogens (tertiary/aromatic N) is 1. The van der Waals surface area contributed by atoms with Gasteiger partial charge in [-0.05, 0) is 23.6 Å². The summed E-state index contributed by atoms with van der Waals surface area (Å²) < 4.78 is 26.1. The van der Waals surface area contributed by atoms with Gasteiger partial charge in [-0.1, -0.05) is 0 Å². The molecule has 0 aromatic carbocycles. The molecule has 82 valence electrons. The van der Waals surface area contributed by atoms with E-state index in [-0.39, 0.29) is 9.77 Å². The molecule has 0 aliphatic rings. The minimum Gasteiger partial charge on any atom is -0.348 e. The molecule has 2 aromatic rings. The van der Waals surface area contributed by atoms with Crippen LogP contribution in [0.15, 0.2) is 34.0 Å². The summed E-state index contributed by atoms with van der Waals surface area (Å²) in [5, 5.41) is 10.3. The van der Waals surface area contributed by atoms with Crippen LogP contribution in [0.25, 0.3) is 0 Å². The molecule has 0 aliphatic carbocycles. The Labute approximate surface area is 96.4 Å². The highest BCUT2D eigenvalue weighted by molar-refractivity contribution is 7.94. The molecule has 2 rings (SSSR count). The first-order valence-electron chi connectivity index (χ1n) is 4.27. The van der Waals surface area contributed by atoms with Gasteiger partial charge in [-0.25, -0.2) is 8.42 Å². The average molecular weight is 253 g/mol. The zero-order valence-corrected chi connectivity index (χ0v) is 9.60. The van der Waals surface area contributed by atoms with Gasteiger partial charge in [0.05, 0.1) is 5.56 Å². The Morgan fingerprint density at radius 1 is 1.44 bits per heavy atom. The third-order valence-corrected chi connectivity index (χ3v) is 4.69. The summed E-state index contributed by atoms with van der Waals surface area (Å²) >= 11 is 1.02. The van der Waals surface area contributed by atoms with Crippen LogP contribution in [0.1, 0.15) is 5.56 Å².